The van der Waals surface area contributed by atoms with Crippen molar-refractivity contribution in [3.8, 4) is 11.5 Å². The predicted octanol–water partition coefficient (Wildman–Crippen LogP) is 3.11. The van der Waals surface area contributed by atoms with Gasteiger partial charge in [0.05, 0.1) is 17.5 Å². The highest BCUT2D eigenvalue weighted by Gasteiger charge is 2.26. The SMILES string of the molecule is CCS(=O)(=O)N(CC(=O)N[C@H](C)c1ccc(C)c(C)c1)c1ccc2c(c1)OCCO2. The summed E-state index contributed by atoms with van der Waals surface area (Å²) in [5, 5.41) is 2.90. The first-order valence-electron chi connectivity index (χ1n) is 9.98. The van der Waals surface area contributed by atoms with Crippen LogP contribution in [0.4, 0.5) is 5.69 Å². The van der Waals surface area contributed by atoms with Crippen molar-refractivity contribution in [1.82, 2.24) is 5.32 Å². The second-order valence-corrected chi connectivity index (χ2v) is 9.55. The van der Waals surface area contributed by atoms with Crippen LogP contribution in [0.15, 0.2) is 36.4 Å². The van der Waals surface area contributed by atoms with Crippen molar-refractivity contribution in [2.45, 2.75) is 33.7 Å². The quantitative estimate of drug-likeness (QED) is 0.727. The van der Waals surface area contributed by atoms with Gasteiger partial charge in [0.2, 0.25) is 15.9 Å². The first-order valence-corrected chi connectivity index (χ1v) is 11.6. The Bertz CT molecular complexity index is 1040. The van der Waals surface area contributed by atoms with Crippen LogP contribution in [0.1, 0.15) is 36.6 Å². The maximum atomic E-state index is 12.7. The Kier molecular flexibility index (Phi) is 6.55. The lowest BCUT2D eigenvalue weighted by atomic mass is 10.0. The van der Waals surface area contributed by atoms with E-state index in [1.807, 2.05) is 39.0 Å². The molecule has 1 aliphatic heterocycles. The van der Waals surface area contributed by atoms with Gasteiger partial charge in [-0.3, -0.25) is 9.10 Å². The van der Waals surface area contributed by atoms with E-state index >= 15 is 0 Å². The zero-order valence-electron chi connectivity index (χ0n) is 17.8. The molecule has 0 bridgehead atoms. The summed E-state index contributed by atoms with van der Waals surface area (Å²) in [5.74, 6) is 0.528. The molecule has 2 aromatic rings. The molecule has 1 amide bonds. The van der Waals surface area contributed by atoms with E-state index in [1.54, 1.807) is 25.1 Å². The Morgan fingerprint density at radius 3 is 2.43 bits per heavy atom. The second-order valence-electron chi connectivity index (χ2n) is 7.37. The Morgan fingerprint density at radius 2 is 1.77 bits per heavy atom. The fourth-order valence-corrected chi connectivity index (χ4v) is 4.29. The van der Waals surface area contributed by atoms with E-state index in [0.717, 1.165) is 15.4 Å². The molecule has 0 aliphatic carbocycles. The monoisotopic (exact) mass is 432 g/mol. The van der Waals surface area contributed by atoms with Gasteiger partial charge in [0.15, 0.2) is 11.5 Å². The Morgan fingerprint density at radius 1 is 1.07 bits per heavy atom. The Labute approximate surface area is 178 Å². The molecule has 0 saturated heterocycles. The molecule has 8 heteroatoms. The van der Waals surface area contributed by atoms with Gasteiger partial charge in [-0.2, -0.15) is 0 Å². The van der Waals surface area contributed by atoms with Crippen LogP contribution in [-0.2, 0) is 14.8 Å². The zero-order chi connectivity index (χ0) is 21.9. The van der Waals surface area contributed by atoms with Crippen LogP contribution in [0.5, 0.6) is 11.5 Å². The van der Waals surface area contributed by atoms with Crippen molar-refractivity contribution in [2.24, 2.45) is 0 Å². The van der Waals surface area contributed by atoms with Crippen molar-refractivity contribution in [2.75, 3.05) is 29.8 Å². The number of nitrogens with zero attached hydrogens (tertiary/aromatic N) is 1. The van der Waals surface area contributed by atoms with E-state index in [4.69, 9.17) is 9.47 Å². The molecule has 0 fully saturated rings. The molecule has 0 unspecified atom stereocenters. The number of amides is 1. The molecule has 0 spiro atoms. The van der Waals surface area contributed by atoms with Gasteiger partial charge in [0.1, 0.15) is 19.8 Å². The van der Waals surface area contributed by atoms with Gasteiger partial charge in [0.25, 0.3) is 0 Å². The number of hydrogen-bond donors (Lipinski definition) is 1. The minimum atomic E-state index is -3.67. The number of anilines is 1. The summed E-state index contributed by atoms with van der Waals surface area (Å²) in [6.07, 6.45) is 0. The van der Waals surface area contributed by atoms with Gasteiger partial charge in [-0.25, -0.2) is 8.42 Å². The Balaban J connectivity index is 1.80. The predicted molar refractivity (Wildman–Crippen MR) is 117 cm³/mol. The fourth-order valence-electron chi connectivity index (χ4n) is 3.23. The van der Waals surface area contributed by atoms with Crippen molar-refractivity contribution < 1.29 is 22.7 Å². The van der Waals surface area contributed by atoms with Crippen LogP contribution in [0.2, 0.25) is 0 Å². The van der Waals surface area contributed by atoms with E-state index in [9.17, 15) is 13.2 Å². The highest BCUT2D eigenvalue weighted by molar-refractivity contribution is 7.92. The largest absolute Gasteiger partial charge is 0.486 e. The van der Waals surface area contributed by atoms with Gasteiger partial charge in [0, 0.05) is 6.07 Å². The number of hydrogen-bond acceptors (Lipinski definition) is 5. The van der Waals surface area contributed by atoms with Crippen molar-refractivity contribution in [3.63, 3.8) is 0 Å². The third-order valence-electron chi connectivity index (χ3n) is 5.21. The number of fused-ring (bicyclic) bond motifs is 1. The van der Waals surface area contributed by atoms with Crippen LogP contribution in [0.25, 0.3) is 0 Å². The molecular formula is C22H28N2O5S. The molecule has 7 nitrogen and oxygen atoms in total. The maximum Gasteiger partial charge on any atom is 0.241 e. The summed E-state index contributed by atoms with van der Waals surface area (Å²) < 4.78 is 37.6. The van der Waals surface area contributed by atoms with Gasteiger partial charge in [-0.05, 0) is 56.5 Å². The molecule has 1 N–H and O–H groups in total. The molecule has 0 aromatic heterocycles. The number of sulfonamides is 1. The standard InChI is InChI=1S/C22H28N2O5S/c1-5-30(26,27)24(19-8-9-20-21(13-19)29-11-10-28-20)14-22(25)23-17(4)18-7-6-15(2)16(3)12-18/h6-9,12-13,17H,5,10-11,14H2,1-4H3,(H,23,25)/t17-/m1/s1. The van der Waals surface area contributed by atoms with Crippen molar-refractivity contribution >= 4 is 21.6 Å². The van der Waals surface area contributed by atoms with Crippen LogP contribution in [0, 0.1) is 13.8 Å². The highest BCUT2D eigenvalue weighted by atomic mass is 32.2. The van der Waals surface area contributed by atoms with Gasteiger partial charge in [-0.15, -0.1) is 0 Å². The van der Waals surface area contributed by atoms with E-state index in [-0.39, 0.29) is 24.2 Å². The topological polar surface area (TPSA) is 84.9 Å². The summed E-state index contributed by atoms with van der Waals surface area (Å²) in [5.41, 5.74) is 3.65. The number of carbonyl (C=O) groups excluding carboxylic acids is 1. The van der Waals surface area contributed by atoms with E-state index in [2.05, 4.69) is 5.32 Å². The molecule has 1 atom stereocenters. The Hall–Kier alpha value is -2.74. The van der Waals surface area contributed by atoms with Gasteiger partial charge in [-0.1, -0.05) is 18.2 Å². The molecule has 1 aliphatic rings. The zero-order valence-corrected chi connectivity index (χ0v) is 18.6. The van der Waals surface area contributed by atoms with Crippen molar-refractivity contribution in [3.05, 3.63) is 53.1 Å². The molecule has 2 aromatic carbocycles. The first-order chi connectivity index (χ1) is 14.2. The minimum absolute atomic E-state index is 0.124. The smallest absolute Gasteiger partial charge is 0.241 e. The lowest BCUT2D eigenvalue weighted by Gasteiger charge is -2.26. The van der Waals surface area contributed by atoms with Gasteiger partial charge < -0.3 is 14.8 Å². The lowest BCUT2D eigenvalue weighted by molar-refractivity contribution is -0.120. The summed E-state index contributed by atoms with van der Waals surface area (Å²) in [4.78, 5) is 12.7. The van der Waals surface area contributed by atoms with Crippen molar-refractivity contribution in [1.29, 1.82) is 0 Å². The average molecular weight is 433 g/mol. The van der Waals surface area contributed by atoms with Crippen LogP contribution >= 0.6 is 0 Å². The van der Waals surface area contributed by atoms with Crippen LogP contribution in [-0.4, -0.2) is 39.8 Å². The number of aryl methyl sites for hydroxylation is 2. The fraction of sp³-hybridized carbons (Fsp3) is 0.409. The summed E-state index contributed by atoms with van der Waals surface area (Å²) in [6, 6.07) is 10.6. The molecule has 0 saturated carbocycles. The normalized spacial score (nSPS) is 14.1. The van der Waals surface area contributed by atoms with Gasteiger partial charge >= 0.3 is 0 Å². The van der Waals surface area contributed by atoms with E-state index < -0.39 is 10.0 Å². The second kappa shape index (κ2) is 8.95. The number of rotatable bonds is 7. The molecule has 162 valence electrons. The molecule has 0 radical (unpaired) electrons. The molecular weight excluding hydrogens is 404 g/mol. The molecule has 30 heavy (non-hydrogen) atoms. The third-order valence-corrected chi connectivity index (χ3v) is 6.95. The third kappa shape index (κ3) is 4.87. The van der Waals surface area contributed by atoms with E-state index in [1.165, 1.54) is 5.56 Å². The first kappa shape index (κ1) is 22.0. The van der Waals surface area contributed by atoms with Crippen LogP contribution in [0.3, 0.4) is 0 Å². The number of carbonyl (C=O) groups is 1. The average Bonchev–Trinajstić information content (AvgIpc) is 2.73. The summed E-state index contributed by atoms with van der Waals surface area (Å²) in [6.45, 7) is 8.01. The highest BCUT2D eigenvalue weighted by Crippen LogP contribution is 2.34. The minimum Gasteiger partial charge on any atom is -0.486 e. The molecule has 1 heterocycles. The molecule has 3 rings (SSSR count). The lowest BCUT2D eigenvalue weighted by Crippen LogP contribution is -2.42. The van der Waals surface area contributed by atoms with Crippen LogP contribution < -0.4 is 19.1 Å². The number of ether oxygens (including phenoxy) is 2. The van der Waals surface area contributed by atoms with E-state index in [0.29, 0.717) is 30.4 Å². The summed E-state index contributed by atoms with van der Waals surface area (Å²) in [7, 11) is -3.67. The number of benzene rings is 2. The summed E-state index contributed by atoms with van der Waals surface area (Å²) >= 11 is 0. The number of nitrogens with one attached hydrogen (secondary N) is 1. The maximum absolute atomic E-state index is 12.7.